The summed E-state index contributed by atoms with van der Waals surface area (Å²) >= 11 is 0. The summed E-state index contributed by atoms with van der Waals surface area (Å²) in [5, 5.41) is 0. The Morgan fingerprint density at radius 2 is 1.64 bits per heavy atom. The molecule has 64 valence electrons. The molecule has 1 heterocycles. The average Bonchev–Trinajstić information content (AvgIpc) is 1.93. The molecule has 1 aliphatic rings. The molecule has 0 aromatic carbocycles. The van der Waals surface area contributed by atoms with Gasteiger partial charge in [0.2, 0.25) is 0 Å². The molecule has 1 rings (SSSR count). The highest BCUT2D eigenvalue weighted by atomic mass is 29.3. The van der Waals surface area contributed by atoms with Crippen LogP contribution < -0.4 is 0 Å². The van der Waals surface area contributed by atoms with Crippen molar-refractivity contribution in [3.05, 3.63) is 11.4 Å². The summed E-state index contributed by atoms with van der Waals surface area (Å²) in [4.78, 5) is 0. The zero-order valence-corrected chi connectivity index (χ0v) is 10.5. The molecule has 3 heteroatoms. The first-order chi connectivity index (χ1) is 4.79. The predicted molar refractivity (Wildman–Crippen MR) is 56.5 cm³/mol. The van der Waals surface area contributed by atoms with Gasteiger partial charge in [-0.3, -0.25) is 0 Å². The van der Waals surface area contributed by atoms with Crippen molar-refractivity contribution in [1.29, 1.82) is 0 Å². The number of rotatable bonds is 0. The molecule has 0 spiro atoms. The molecule has 0 aromatic heterocycles. The highest BCUT2D eigenvalue weighted by molar-refractivity contribution is 7.42. The fraction of sp³-hybridized carbons (Fsp3) is 0.750. The van der Waals surface area contributed by atoms with Gasteiger partial charge in [-0.25, -0.2) is 0 Å². The molecule has 0 radical (unpaired) electrons. The third-order valence-electron chi connectivity index (χ3n) is 3.51. The fourth-order valence-electron chi connectivity index (χ4n) is 1.67. The normalized spacial score (nSPS) is 27.1. The summed E-state index contributed by atoms with van der Waals surface area (Å²) in [5.74, 6) is 0. The van der Waals surface area contributed by atoms with Crippen molar-refractivity contribution in [2.75, 3.05) is 7.05 Å². The van der Waals surface area contributed by atoms with E-state index in [1.807, 2.05) is 0 Å². The highest BCUT2D eigenvalue weighted by Crippen LogP contribution is 2.32. The lowest BCUT2D eigenvalue weighted by Gasteiger charge is -2.37. The van der Waals surface area contributed by atoms with E-state index in [0.29, 0.717) is 0 Å². The van der Waals surface area contributed by atoms with Gasteiger partial charge in [0, 0.05) is 0 Å². The van der Waals surface area contributed by atoms with Gasteiger partial charge in [0.05, 0.1) is 7.59 Å². The second-order valence-corrected chi connectivity index (χ2v) is 19.7. The molecule has 1 aliphatic heterocycles. The van der Waals surface area contributed by atoms with Crippen molar-refractivity contribution in [2.45, 2.75) is 33.1 Å². The van der Waals surface area contributed by atoms with E-state index in [2.05, 4.69) is 50.4 Å². The molecule has 1 nitrogen and oxygen atoms in total. The Morgan fingerprint density at radius 1 is 1.18 bits per heavy atom. The summed E-state index contributed by atoms with van der Waals surface area (Å²) < 4.78 is 2.55. The molecule has 0 amide bonds. The molecule has 0 aromatic rings. The van der Waals surface area contributed by atoms with Gasteiger partial charge in [-0.2, -0.15) is 0 Å². The van der Waals surface area contributed by atoms with Gasteiger partial charge in [-0.1, -0.05) is 31.9 Å². The monoisotopic (exact) mass is 185 g/mol. The van der Waals surface area contributed by atoms with E-state index in [0.717, 1.165) is 0 Å². The van der Waals surface area contributed by atoms with Crippen molar-refractivity contribution in [3.63, 3.8) is 0 Å². The Labute approximate surface area is 72.0 Å². The molecule has 0 N–H and O–H groups in total. The lowest BCUT2D eigenvalue weighted by Crippen LogP contribution is -2.58. The van der Waals surface area contributed by atoms with Gasteiger partial charge < -0.3 is 4.57 Å². The van der Waals surface area contributed by atoms with E-state index >= 15 is 0 Å². The maximum Gasteiger partial charge on any atom is 0.142 e. The second-order valence-electron chi connectivity index (χ2n) is 4.63. The van der Waals surface area contributed by atoms with Gasteiger partial charge in [0.25, 0.3) is 0 Å². The van der Waals surface area contributed by atoms with Crippen LogP contribution in [0.3, 0.4) is 0 Å². The van der Waals surface area contributed by atoms with E-state index in [-0.39, 0.29) is 0 Å². The first-order valence-electron chi connectivity index (χ1n) is 4.22. The molecule has 0 saturated carbocycles. The first-order valence-corrected chi connectivity index (χ1v) is 11.2. The van der Waals surface area contributed by atoms with E-state index in [9.17, 15) is 0 Å². The minimum Gasteiger partial charge on any atom is -0.406 e. The summed E-state index contributed by atoms with van der Waals surface area (Å²) in [5.41, 5.74) is 4.07. The van der Waals surface area contributed by atoms with Crippen LogP contribution in [-0.4, -0.2) is 27.0 Å². The summed E-state index contributed by atoms with van der Waals surface area (Å²) in [6.07, 6.45) is 0. The minimum atomic E-state index is -1.05. The molecule has 0 aliphatic carbocycles. The van der Waals surface area contributed by atoms with Crippen LogP contribution in [0.2, 0.25) is 26.2 Å². The van der Waals surface area contributed by atoms with Gasteiger partial charge in [-0.05, 0) is 19.7 Å². The number of hydrogen-bond donors (Lipinski definition) is 0. The average molecular weight is 185 g/mol. The van der Waals surface area contributed by atoms with Crippen molar-refractivity contribution < 1.29 is 0 Å². The molecule has 0 fully saturated rings. The molecular formula is C8H19NSi2. The largest absolute Gasteiger partial charge is 0.406 e. The zero-order chi connectivity index (χ0) is 8.86. The number of allylic oxidation sites excluding steroid dienone is 1. The Balaban J connectivity index is 3.05. The lowest BCUT2D eigenvalue weighted by molar-refractivity contribution is 0.652. The molecule has 0 bridgehead atoms. The quantitative estimate of drug-likeness (QED) is 0.524. The maximum atomic E-state index is 2.55. The van der Waals surface area contributed by atoms with Crippen molar-refractivity contribution in [2.24, 2.45) is 0 Å². The van der Waals surface area contributed by atoms with Crippen LogP contribution >= 0.6 is 0 Å². The summed E-state index contributed by atoms with van der Waals surface area (Å²) in [7, 11) is 0.218. The van der Waals surface area contributed by atoms with Crippen LogP contribution in [0.4, 0.5) is 0 Å². The summed E-state index contributed by atoms with van der Waals surface area (Å²) in [6.45, 7) is 12.2. The minimum absolute atomic E-state index is 0.991. The summed E-state index contributed by atoms with van der Waals surface area (Å²) in [6, 6.07) is 0. The highest BCUT2D eigenvalue weighted by Gasteiger charge is 2.47. The van der Waals surface area contributed by atoms with Crippen LogP contribution in [0.1, 0.15) is 6.92 Å². The van der Waals surface area contributed by atoms with Crippen molar-refractivity contribution >= 4 is 15.3 Å². The van der Waals surface area contributed by atoms with E-state index < -0.39 is 15.3 Å². The van der Waals surface area contributed by atoms with Crippen LogP contribution in [0.5, 0.6) is 0 Å². The zero-order valence-electron chi connectivity index (χ0n) is 8.52. The van der Waals surface area contributed by atoms with Gasteiger partial charge in [-0.15, -0.1) is 0 Å². The van der Waals surface area contributed by atoms with E-state index in [1.165, 1.54) is 5.70 Å². The fourth-order valence-corrected chi connectivity index (χ4v) is 10.0. The third kappa shape index (κ3) is 1.10. The third-order valence-corrected chi connectivity index (χ3v) is 20.7. The maximum absolute atomic E-state index is 2.55. The van der Waals surface area contributed by atoms with Gasteiger partial charge in [0.1, 0.15) is 7.75 Å². The van der Waals surface area contributed by atoms with E-state index in [4.69, 9.17) is 0 Å². The molecule has 0 saturated heterocycles. The van der Waals surface area contributed by atoms with Crippen molar-refractivity contribution in [1.82, 2.24) is 4.57 Å². The van der Waals surface area contributed by atoms with Crippen molar-refractivity contribution in [3.8, 4) is 0 Å². The molecular weight excluding hydrogens is 166 g/mol. The topological polar surface area (TPSA) is 3.24 Å². The SMILES string of the molecule is CC1=C[Si](C)(C)[Si](C)(C)N1C. The Morgan fingerprint density at radius 3 is 1.73 bits per heavy atom. The molecule has 0 atom stereocenters. The number of hydrogen-bond acceptors (Lipinski definition) is 1. The van der Waals surface area contributed by atoms with Crippen LogP contribution in [-0.2, 0) is 0 Å². The Hall–Kier alpha value is -0.0262. The predicted octanol–water partition coefficient (Wildman–Crippen LogP) is 2.37. The lowest BCUT2D eigenvalue weighted by atomic mass is 10.6. The van der Waals surface area contributed by atoms with Crippen LogP contribution in [0.15, 0.2) is 11.4 Å². The Bertz CT molecular complexity index is 206. The van der Waals surface area contributed by atoms with Crippen LogP contribution in [0.25, 0.3) is 0 Å². The van der Waals surface area contributed by atoms with Crippen LogP contribution in [0, 0.1) is 0 Å². The molecule has 11 heavy (non-hydrogen) atoms. The Kier molecular flexibility index (Phi) is 1.84. The second kappa shape index (κ2) is 2.23. The first kappa shape index (κ1) is 9.06. The number of nitrogens with zero attached hydrogens (tertiary/aromatic N) is 1. The molecule has 0 unspecified atom stereocenters. The van der Waals surface area contributed by atoms with Gasteiger partial charge in [0.15, 0.2) is 0 Å². The standard InChI is InChI=1S/C8H19NSi2/c1-8-7-10(3,4)11(5,6)9(8)2/h7H,1-6H3. The van der Waals surface area contributed by atoms with E-state index in [1.54, 1.807) is 0 Å². The van der Waals surface area contributed by atoms with Gasteiger partial charge >= 0.3 is 0 Å². The smallest absolute Gasteiger partial charge is 0.142 e.